The molecule has 0 bridgehead atoms. The van der Waals surface area contributed by atoms with Gasteiger partial charge in [0.15, 0.2) is 0 Å². The summed E-state index contributed by atoms with van der Waals surface area (Å²) in [7, 11) is 0. The molecule has 0 saturated carbocycles. The first kappa shape index (κ1) is 22.6. The zero-order chi connectivity index (χ0) is 21.0. The Balaban J connectivity index is 0.00000153. The number of anilines is 1. The standard InChI is InChI=1S/C24H25N7.Na.H/c1-16-26-22-10-4-2-3-9-21(22)23(27-16)25-15-17-11-13-18(14-12-17)19-7-5-6-8-20(19)24-28-30-31-29-24;;/h5-8,11-14H,2-4,9-10,15H2,1H3,(H,25,26,27)(H,28,29,30,31);;/q;+1;-1. The Morgan fingerprint density at radius 3 is 2.50 bits per heavy atom. The third-order valence-corrected chi connectivity index (χ3v) is 5.78. The molecule has 158 valence electrons. The van der Waals surface area contributed by atoms with E-state index in [9.17, 15) is 0 Å². The maximum Gasteiger partial charge on any atom is 1.00 e. The second-order valence-corrected chi connectivity index (χ2v) is 7.94. The number of fused-ring (bicyclic) bond motifs is 1. The third kappa shape index (κ3) is 4.90. The van der Waals surface area contributed by atoms with E-state index < -0.39 is 0 Å². The number of nitrogens with one attached hydrogen (secondary N) is 2. The van der Waals surface area contributed by atoms with E-state index in [1.165, 1.54) is 36.1 Å². The number of H-pyrrole nitrogens is 1. The summed E-state index contributed by atoms with van der Waals surface area (Å²) in [5.41, 5.74) is 6.89. The van der Waals surface area contributed by atoms with Crippen LogP contribution in [0.15, 0.2) is 48.5 Å². The maximum absolute atomic E-state index is 4.70. The summed E-state index contributed by atoms with van der Waals surface area (Å²) in [6.07, 6.45) is 5.81. The molecule has 0 fully saturated rings. The van der Waals surface area contributed by atoms with Gasteiger partial charge in [0.1, 0.15) is 11.6 Å². The van der Waals surface area contributed by atoms with Gasteiger partial charge in [-0.25, -0.2) is 9.97 Å². The van der Waals surface area contributed by atoms with Gasteiger partial charge in [-0.3, -0.25) is 0 Å². The summed E-state index contributed by atoms with van der Waals surface area (Å²) in [6, 6.07) is 16.7. The number of benzene rings is 2. The normalized spacial score (nSPS) is 13.0. The van der Waals surface area contributed by atoms with E-state index in [1.807, 2.05) is 25.1 Å². The van der Waals surface area contributed by atoms with Gasteiger partial charge in [0.05, 0.1) is 0 Å². The third-order valence-electron chi connectivity index (χ3n) is 5.78. The van der Waals surface area contributed by atoms with Gasteiger partial charge >= 0.3 is 29.6 Å². The number of nitrogens with zero attached hydrogens (tertiary/aromatic N) is 5. The first-order valence-corrected chi connectivity index (χ1v) is 10.8. The van der Waals surface area contributed by atoms with Gasteiger partial charge in [0, 0.05) is 23.4 Å². The van der Waals surface area contributed by atoms with E-state index in [-0.39, 0.29) is 31.0 Å². The van der Waals surface area contributed by atoms with Crippen molar-refractivity contribution in [3.05, 3.63) is 71.2 Å². The number of hydrogen-bond donors (Lipinski definition) is 2. The monoisotopic (exact) mass is 435 g/mol. The molecule has 32 heavy (non-hydrogen) atoms. The Hall–Kier alpha value is -2.61. The fourth-order valence-electron chi connectivity index (χ4n) is 4.23. The van der Waals surface area contributed by atoms with Crippen molar-refractivity contribution in [3.8, 4) is 22.5 Å². The van der Waals surface area contributed by atoms with Crippen LogP contribution in [-0.4, -0.2) is 30.6 Å². The van der Waals surface area contributed by atoms with Crippen molar-refractivity contribution < 1.29 is 31.0 Å². The summed E-state index contributed by atoms with van der Waals surface area (Å²) in [5, 5.41) is 18.0. The molecule has 0 spiro atoms. The summed E-state index contributed by atoms with van der Waals surface area (Å²) in [6.45, 7) is 2.71. The van der Waals surface area contributed by atoms with Crippen molar-refractivity contribution in [1.82, 2.24) is 30.6 Å². The number of tetrazole rings is 1. The Kier molecular flexibility index (Phi) is 7.29. The summed E-state index contributed by atoms with van der Waals surface area (Å²) >= 11 is 0. The number of hydrogen-bond acceptors (Lipinski definition) is 6. The molecule has 2 aromatic heterocycles. The Labute approximate surface area is 211 Å². The van der Waals surface area contributed by atoms with Gasteiger partial charge in [-0.2, -0.15) is 5.21 Å². The van der Waals surface area contributed by atoms with Crippen LogP contribution >= 0.6 is 0 Å². The molecule has 2 N–H and O–H groups in total. The van der Waals surface area contributed by atoms with E-state index >= 15 is 0 Å². The first-order valence-electron chi connectivity index (χ1n) is 10.8. The Morgan fingerprint density at radius 2 is 1.72 bits per heavy atom. The van der Waals surface area contributed by atoms with Crippen LogP contribution < -0.4 is 34.9 Å². The van der Waals surface area contributed by atoms with Crippen LogP contribution in [0.25, 0.3) is 22.5 Å². The van der Waals surface area contributed by atoms with E-state index in [2.05, 4.69) is 56.3 Å². The number of rotatable bonds is 5. The SMILES string of the molecule is Cc1nc2c(c(NCc3ccc(-c4ccccc4-c4nn[nH]n4)cc3)n1)CCCCC2.[H-].[Na+]. The minimum Gasteiger partial charge on any atom is -1.00 e. The predicted octanol–water partition coefficient (Wildman–Crippen LogP) is 1.63. The summed E-state index contributed by atoms with van der Waals surface area (Å²) in [4.78, 5) is 9.40. The van der Waals surface area contributed by atoms with Crippen LogP contribution in [0.1, 0.15) is 43.3 Å². The molecule has 0 saturated heterocycles. The van der Waals surface area contributed by atoms with E-state index in [4.69, 9.17) is 9.97 Å². The summed E-state index contributed by atoms with van der Waals surface area (Å²) in [5.74, 6) is 2.44. The Bertz CT molecular complexity index is 1180. The van der Waals surface area contributed by atoms with Gasteiger partial charge in [0.2, 0.25) is 5.82 Å². The van der Waals surface area contributed by atoms with Crippen molar-refractivity contribution in [2.45, 2.75) is 45.6 Å². The molecule has 5 rings (SSSR count). The van der Waals surface area contributed by atoms with Crippen LogP contribution in [0.3, 0.4) is 0 Å². The predicted molar refractivity (Wildman–Crippen MR) is 122 cm³/mol. The van der Waals surface area contributed by atoms with Crippen molar-refractivity contribution in [1.29, 1.82) is 0 Å². The fourth-order valence-corrected chi connectivity index (χ4v) is 4.23. The topological polar surface area (TPSA) is 92.3 Å². The largest absolute Gasteiger partial charge is 1.00 e. The minimum absolute atomic E-state index is 0. The van der Waals surface area contributed by atoms with Crippen molar-refractivity contribution in [3.63, 3.8) is 0 Å². The van der Waals surface area contributed by atoms with Gasteiger partial charge < -0.3 is 6.74 Å². The fraction of sp³-hybridized carbons (Fsp3) is 0.292. The molecule has 1 aliphatic carbocycles. The van der Waals surface area contributed by atoms with Crippen molar-refractivity contribution in [2.75, 3.05) is 5.32 Å². The molecule has 0 aliphatic heterocycles. The van der Waals surface area contributed by atoms with Crippen LogP contribution in [-0.2, 0) is 19.4 Å². The molecule has 2 aromatic carbocycles. The van der Waals surface area contributed by atoms with E-state index in [0.29, 0.717) is 5.82 Å². The average Bonchev–Trinajstić information content (AvgIpc) is 3.24. The molecule has 0 amide bonds. The van der Waals surface area contributed by atoms with Gasteiger partial charge in [-0.1, -0.05) is 55.0 Å². The van der Waals surface area contributed by atoms with Gasteiger partial charge in [0.25, 0.3) is 0 Å². The van der Waals surface area contributed by atoms with Crippen LogP contribution in [0.5, 0.6) is 0 Å². The second-order valence-electron chi connectivity index (χ2n) is 7.94. The molecule has 0 unspecified atom stereocenters. The van der Waals surface area contributed by atoms with Gasteiger partial charge in [-0.05, 0) is 54.5 Å². The molecular weight excluding hydrogens is 409 g/mol. The maximum atomic E-state index is 4.70. The molecule has 7 nitrogen and oxygen atoms in total. The molecule has 0 radical (unpaired) electrons. The molecule has 0 atom stereocenters. The van der Waals surface area contributed by atoms with Crippen molar-refractivity contribution >= 4 is 5.82 Å². The van der Waals surface area contributed by atoms with Gasteiger partial charge in [-0.15, -0.1) is 10.2 Å². The van der Waals surface area contributed by atoms with Crippen molar-refractivity contribution in [2.24, 2.45) is 0 Å². The Morgan fingerprint density at radius 1 is 0.938 bits per heavy atom. The van der Waals surface area contributed by atoms with E-state index in [1.54, 1.807) is 0 Å². The molecule has 2 heterocycles. The molecule has 1 aliphatic rings. The molecule has 8 heteroatoms. The number of aryl methyl sites for hydroxylation is 2. The second kappa shape index (κ2) is 10.3. The first-order chi connectivity index (χ1) is 15.3. The van der Waals surface area contributed by atoms with Crippen LogP contribution in [0.2, 0.25) is 0 Å². The number of aromatic nitrogens is 6. The zero-order valence-corrected chi connectivity index (χ0v) is 20.6. The smallest absolute Gasteiger partial charge is 1.00 e. The average molecular weight is 436 g/mol. The number of aromatic amines is 1. The molecular formula is C24H26N7Na. The minimum atomic E-state index is 0. The zero-order valence-electron chi connectivity index (χ0n) is 19.6. The summed E-state index contributed by atoms with van der Waals surface area (Å²) < 4.78 is 0. The molecule has 4 aromatic rings. The van der Waals surface area contributed by atoms with Crippen LogP contribution in [0, 0.1) is 6.92 Å². The van der Waals surface area contributed by atoms with Crippen LogP contribution in [0.4, 0.5) is 5.82 Å². The quantitative estimate of drug-likeness (QED) is 0.366. The van der Waals surface area contributed by atoms with E-state index in [0.717, 1.165) is 47.7 Å².